The van der Waals surface area contributed by atoms with Crippen LogP contribution in [0.15, 0.2) is 35.4 Å². The summed E-state index contributed by atoms with van der Waals surface area (Å²) in [5.41, 5.74) is 13.8. The first-order valence-corrected chi connectivity index (χ1v) is 7.63. The molecule has 2 heterocycles. The number of hydrogen-bond donors (Lipinski definition) is 2. The third kappa shape index (κ3) is 5.71. The summed E-state index contributed by atoms with van der Waals surface area (Å²) in [4.78, 5) is 12.9. The van der Waals surface area contributed by atoms with Crippen molar-refractivity contribution in [2.45, 2.75) is 24.9 Å². The fourth-order valence-corrected chi connectivity index (χ4v) is 2.43. The smallest absolute Gasteiger partial charge is 0.404 e. The number of benzene rings is 1. The Balaban J connectivity index is 0.000000177. The Labute approximate surface area is 139 Å². The van der Waals surface area contributed by atoms with Crippen LogP contribution in [-0.4, -0.2) is 44.2 Å². The second-order valence-corrected chi connectivity index (χ2v) is 5.40. The Morgan fingerprint density at radius 1 is 1.50 bits per heavy atom. The zero-order valence-electron chi connectivity index (χ0n) is 13.3. The van der Waals surface area contributed by atoms with E-state index in [1.807, 2.05) is 30.3 Å². The molecule has 2 fully saturated rings. The fourth-order valence-electron chi connectivity index (χ4n) is 2.43. The van der Waals surface area contributed by atoms with Crippen LogP contribution in [-0.2, 0) is 20.8 Å². The minimum absolute atomic E-state index is 0.0733. The molecule has 9 nitrogen and oxygen atoms in total. The molecule has 0 saturated carbocycles. The third-order valence-electron chi connectivity index (χ3n) is 3.56. The van der Waals surface area contributed by atoms with Gasteiger partial charge in [-0.15, -0.1) is 0 Å². The molecule has 2 aliphatic heterocycles. The topological polar surface area (TPSA) is 132 Å². The van der Waals surface area contributed by atoms with Crippen molar-refractivity contribution >= 4 is 6.09 Å². The van der Waals surface area contributed by atoms with E-state index >= 15 is 0 Å². The van der Waals surface area contributed by atoms with Gasteiger partial charge in [0, 0.05) is 24.4 Å². The Kier molecular flexibility index (Phi) is 6.83. The molecule has 9 heteroatoms. The molecule has 0 aromatic heterocycles. The number of carbonyl (C=O) groups is 1. The highest BCUT2D eigenvalue weighted by Gasteiger charge is 2.43. The van der Waals surface area contributed by atoms with Gasteiger partial charge < -0.3 is 25.3 Å². The summed E-state index contributed by atoms with van der Waals surface area (Å²) in [5, 5.41) is 6.64. The minimum atomic E-state index is -0.742. The first-order valence-electron chi connectivity index (χ1n) is 7.63. The number of nitrogens with two attached hydrogens (primary N) is 1. The lowest BCUT2D eigenvalue weighted by Crippen LogP contribution is -2.33. The largest absolute Gasteiger partial charge is 0.445 e. The predicted octanol–water partition coefficient (Wildman–Crippen LogP) is 1.68. The first kappa shape index (κ1) is 18.0. The van der Waals surface area contributed by atoms with Crippen LogP contribution < -0.4 is 11.1 Å². The number of primary amides is 1. The fraction of sp³-hybridized carbons (Fsp3) is 0.533. The summed E-state index contributed by atoms with van der Waals surface area (Å²) in [6.45, 7) is 2.79. The summed E-state index contributed by atoms with van der Waals surface area (Å²) in [7, 11) is 0. The molecule has 1 aromatic rings. The Hall–Kier alpha value is -2.32. The van der Waals surface area contributed by atoms with Crippen molar-refractivity contribution in [3.63, 3.8) is 0 Å². The molecule has 0 radical (unpaired) electrons. The van der Waals surface area contributed by atoms with E-state index in [-0.39, 0.29) is 12.7 Å². The van der Waals surface area contributed by atoms with Crippen LogP contribution in [0.4, 0.5) is 4.79 Å². The maximum atomic E-state index is 10.2. The summed E-state index contributed by atoms with van der Waals surface area (Å²) in [5.74, 6) is -0.435. The van der Waals surface area contributed by atoms with Gasteiger partial charge in [0.05, 0.1) is 19.3 Å². The zero-order chi connectivity index (χ0) is 17.3. The molecule has 3 rings (SSSR count). The maximum Gasteiger partial charge on any atom is 0.404 e. The second kappa shape index (κ2) is 9.09. The van der Waals surface area contributed by atoms with Crippen LogP contribution >= 0.6 is 0 Å². The van der Waals surface area contributed by atoms with Gasteiger partial charge in [-0.25, -0.2) is 4.79 Å². The van der Waals surface area contributed by atoms with Crippen LogP contribution in [0, 0.1) is 0 Å². The molecule has 24 heavy (non-hydrogen) atoms. The van der Waals surface area contributed by atoms with Gasteiger partial charge in [0.15, 0.2) is 5.79 Å². The van der Waals surface area contributed by atoms with Crippen LogP contribution in [0.3, 0.4) is 0 Å². The third-order valence-corrected chi connectivity index (χ3v) is 3.56. The van der Waals surface area contributed by atoms with E-state index in [1.54, 1.807) is 0 Å². The summed E-state index contributed by atoms with van der Waals surface area (Å²) >= 11 is 0. The Morgan fingerprint density at radius 3 is 2.92 bits per heavy atom. The normalized spacial score (nSPS) is 24.8. The lowest BCUT2D eigenvalue weighted by atomic mass is 10.2. The average Bonchev–Trinajstić information content (AvgIpc) is 3.23. The minimum Gasteiger partial charge on any atom is -0.445 e. The van der Waals surface area contributed by atoms with E-state index in [9.17, 15) is 4.79 Å². The molecule has 1 aromatic carbocycles. The second-order valence-electron chi connectivity index (χ2n) is 5.40. The molecule has 2 aliphatic rings. The van der Waals surface area contributed by atoms with Crippen LogP contribution in [0.25, 0.3) is 10.4 Å². The molecule has 3 N–H and O–H groups in total. The van der Waals surface area contributed by atoms with E-state index in [4.69, 9.17) is 20.7 Å². The molecular formula is C15H21N5O4. The van der Waals surface area contributed by atoms with Gasteiger partial charge in [0.1, 0.15) is 6.61 Å². The number of azide groups is 1. The van der Waals surface area contributed by atoms with E-state index in [2.05, 4.69) is 20.1 Å². The predicted molar refractivity (Wildman–Crippen MR) is 85.9 cm³/mol. The van der Waals surface area contributed by atoms with Crippen molar-refractivity contribution in [2.24, 2.45) is 10.8 Å². The van der Waals surface area contributed by atoms with Crippen molar-refractivity contribution in [3.8, 4) is 0 Å². The van der Waals surface area contributed by atoms with Gasteiger partial charge in [-0.2, -0.15) is 0 Å². The lowest BCUT2D eigenvalue weighted by Gasteiger charge is -2.20. The number of rotatable bonds is 4. The molecule has 2 saturated heterocycles. The lowest BCUT2D eigenvalue weighted by molar-refractivity contribution is -0.150. The van der Waals surface area contributed by atoms with Crippen LogP contribution in [0.5, 0.6) is 0 Å². The number of ether oxygens (including phenoxy) is 3. The van der Waals surface area contributed by atoms with Gasteiger partial charge in [0.25, 0.3) is 0 Å². The zero-order valence-corrected chi connectivity index (χ0v) is 13.3. The average molecular weight is 335 g/mol. The number of nitrogens with one attached hydrogen (secondary N) is 1. The highest BCUT2D eigenvalue weighted by Crippen LogP contribution is 2.29. The van der Waals surface area contributed by atoms with Crippen molar-refractivity contribution in [1.82, 2.24) is 5.32 Å². The maximum absolute atomic E-state index is 10.2. The van der Waals surface area contributed by atoms with Crippen molar-refractivity contribution in [2.75, 3.05) is 26.2 Å². The number of hydrogen-bond acceptors (Lipinski definition) is 6. The molecule has 1 amide bonds. The number of carbonyl (C=O) groups excluding carboxylic acids is 1. The highest BCUT2D eigenvalue weighted by molar-refractivity contribution is 5.64. The Bertz CT molecular complexity index is 570. The van der Waals surface area contributed by atoms with E-state index in [0.29, 0.717) is 13.2 Å². The van der Waals surface area contributed by atoms with Gasteiger partial charge in [-0.3, -0.25) is 0 Å². The summed E-state index contributed by atoms with van der Waals surface area (Å²) in [6, 6.07) is 9.37. The first-order chi connectivity index (χ1) is 11.6. The molecule has 0 aliphatic carbocycles. The molecule has 2 unspecified atom stereocenters. The molecular weight excluding hydrogens is 314 g/mol. The summed E-state index contributed by atoms with van der Waals surface area (Å²) in [6.07, 6.45) is 0.0596. The van der Waals surface area contributed by atoms with Crippen molar-refractivity contribution in [3.05, 3.63) is 46.3 Å². The molecule has 130 valence electrons. The van der Waals surface area contributed by atoms with Gasteiger partial charge >= 0.3 is 6.09 Å². The molecule has 1 spiro atoms. The standard InChI is InChI=1S/C8H9NO2.C7H12N4O2/c9-8(10)11-6-7-4-2-1-3-5-7;8-11-10-3-6-4-12-7(13-6)1-2-9-5-7/h1-5H,6H2,(H2,9,10);6,9H,1-5H2. The van der Waals surface area contributed by atoms with Crippen LogP contribution in [0.2, 0.25) is 0 Å². The number of amides is 1. The van der Waals surface area contributed by atoms with Crippen LogP contribution in [0.1, 0.15) is 12.0 Å². The van der Waals surface area contributed by atoms with Gasteiger partial charge in [-0.05, 0) is 11.1 Å². The molecule has 2 atom stereocenters. The number of nitrogens with zero attached hydrogens (tertiary/aromatic N) is 3. The highest BCUT2D eigenvalue weighted by atomic mass is 16.7. The van der Waals surface area contributed by atoms with Crippen molar-refractivity contribution < 1.29 is 19.0 Å². The van der Waals surface area contributed by atoms with Crippen molar-refractivity contribution in [1.29, 1.82) is 0 Å². The SMILES string of the molecule is NC(=O)OCc1ccccc1.[N-]=[N+]=NCC1COC2(CCNC2)O1. The molecule has 0 bridgehead atoms. The van der Waals surface area contributed by atoms with E-state index < -0.39 is 11.9 Å². The van der Waals surface area contributed by atoms with E-state index in [0.717, 1.165) is 25.1 Å². The summed E-state index contributed by atoms with van der Waals surface area (Å²) < 4.78 is 15.8. The quantitative estimate of drug-likeness (QED) is 0.491. The monoisotopic (exact) mass is 335 g/mol. The Morgan fingerprint density at radius 2 is 2.29 bits per heavy atom. The van der Waals surface area contributed by atoms with Gasteiger partial charge in [-0.1, -0.05) is 35.4 Å². The van der Waals surface area contributed by atoms with E-state index in [1.165, 1.54) is 0 Å². The van der Waals surface area contributed by atoms with Gasteiger partial charge in [0.2, 0.25) is 0 Å².